The van der Waals surface area contributed by atoms with E-state index in [0.29, 0.717) is 24.6 Å². The molecule has 3 fully saturated rings. The number of carbonyl (C=O) groups excluding carboxylic acids is 1. The van der Waals surface area contributed by atoms with Gasteiger partial charge in [0.05, 0.1) is 41.4 Å². The fourth-order valence-corrected chi connectivity index (χ4v) is 5.70. The first-order valence-electron chi connectivity index (χ1n) is 9.87. The number of aromatic nitrogens is 4. The van der Waals surface area contributed by atoms with Gasteiger partial charge in [-0.25, -0.2) is 0 Å². The lowest BCUT2D eigenvalue weighted by atomic mass is 9.81. The molecular weight excluding hydrogens is 342 g/mol. The summed E-state index contributed by atoms with van der Waals surface area (Å²) < 4.78 is 8.37. The number of H-pyrrole nitrogens is 1. The predicted octanol–water partition coefficient (Wildman–Crippen LogP) is 2.62. The van der Waals surface area contributed by atoms with Crippen LogP contribution in [0.15, 0.2) is 18.6 Å². The van der Waals surface area contributed by atoms with Crippen LogP contribution in [0.4, 0.5) is 0 Å². The normalized spacial score (nSPS) is 31.7. The Morgan fingerprint density at radius 2 is 2.15 bits per heavy atom. The van der Waals surface area contributed by atoms with Crippen LogP contribution in [0.2, 0.25) is 0 Å². The van der Waals surface area contributed by atoms with Gasteiger partial charge in [-0.1, -0.05) is 0 Å². The van der Waals surface area contributed by atoms with Crippen LogP contribution < -0.4 is 0 Å². The van der Waals surface area contributed by atoms with E-state index in [4.69, 9.17) is 4.74 Å². The van der Waals surface area contributed by atoms with Crippen molar-refractivity contribution in [3.05, 3.63) is 24.2 Å². The van der Waals surface area contributed by atoms with Gasteiger partial charge in [0.1, 0.15) is 0 Å². The van der Waals surface area contributed by atoms with Crippen LogP contribution in [0.3, 0.4) is 0 Å². The van der Waals surface area contributed by atoms with Crippen LogP contribution in [0.25, 0.3) is 11.3 Å². The van der Waals surface area contributed by atoms with Gasteiger partial charge in [-0.3, -0.25) is 14.6 Å². The Kier molecular flexibility index (Phi) is 3.57. The fraction of sp³-hybridized carbons (Fsp3) is 0.650. The summed E-state index contributed by atoms with van der Waals surface area (Å²) >= 11 is 0. The number of amides is 1. The van der Waals surface area contributed by atoms with E-state index in [2.05, 4.69) is 29.1 Å². The van der Waals surface area contributed by atoms with Crippen LogP contribution in [-0.4, -0.2) is 55.1 Å². The summed E-state index contributed by atoms with van der Waals surface area (Å²) in [5, 5.41) is 11.3. The van der Waals surface area contributed by atoms with Crippen molar-refractivity contribution >= 4 is 5.91 Å². The largest absolute Gasteiger partial charge is 0.365 e. The Morgan fingerprint density at radius 1 is 1.30 bits per heavy atom. The molecule has 1 saturated heterocycles. The third kappa shape index (κ3) is 2.71. The topological polar surface area (TPSA) is 76.0 Å². The molecule has 1 spiro atoms. The maximum atomic E-state index is 13.5. The lowest BCUT2D eigenvalue weighted by molar-refractivity contribution is -0.208. The molecule has 3 heterocycles. The highest BCUT2D eigenvalue weighted by Crippen LogP contribution is 2.55. The molecule has 5 rings (SSSR count). The molecule has 2 aliphatic carbocycles. The summed E-state index contributed by atoms with van der Waals surface area (Å²) in [6.45, 7) is 5.51. The highest BCUT2D eigenvalue weighted by atomic mass is 16.5. The Morgan fingerprint density at radius 3 is 2.81 bits per heavy atom. The first-order valence-corrected chi connectivity index (χ1v) is 9.87. The molecule has 1 amide bonds. The summed E-state index contributed by atoms with van der Waals surface area (Å²) in [6, 6.07) is 0. The van der Waals surface area contributed by atoms with Crippen LogP contribution in [0, 0.1) is 11.8 Å². The van der Waals surface area contributed by atoms with Gasteiger partial charge in [0.2, 0.25) is 0 Å². The number of hydrogen-bond acceptors (Lipinski definition) is 4. The van der Waals surface area contributed by atoms with Crippen molar-refractivity contribution in [2.45, 2.75) is 50.7 Å². The summed E-state index contributed by atoms with van der Waals surface area (Å²) in [7, 11) is 1.87. The van der Waals surface area contributed by atoms with Crippen LogP contribution >= 0.6 is 0 Å². The molecule has 2 aromatic heterocycles. The Hall–Kier alpha value is -2.15. The number of nitrogens with zero attached hydrogens (tertiary/aromatic N) is 4. The molecule has 3 atom stereocenters. The van der Waals surface area contributed by atoms with Crippen LogP contribution in [-0.2, 0) is 11.8 Å². The minimum atomic E-state index is -0.337. The third-order valence-corrected chi connectivity index (χ3v) is 6.58. The number of aromatic amines is 1. The second-order valence-corrected chi connectivity index (χ2v) is 9.23. The summed E-state index contributed by atoms with van der Waals surface area (Å²) in [4.78, 5) is 15.5. The number of morpholine rings is 1. The molecule has 1 aliphatic heterocycles. The van der Waals surface area contributed by atoms with E-state index in [9.17, 15) is 4.79 Å². The molecule has 2 saturated carbocycles. The number of carbonyl (C=O) groups is 1. The average molecular weight is 369 g/mol. The average Bonchev–Trinajstić information content (AvgIpc) is 3.35. The minimum Gasteiger partial charge on any atom is -0.365 e. The van der Waals surface area contributed by atoms with Crippen LogP contribution in [0.5, 0.6) is 0 Å². The molecular formula is C20H27N5O2. The molecule has 0 radical (unpaired) electrons. The minimum absolute atomic E-state index is 0.0288. The molecule has 2 bridgehead atoms. The highest BCUT2D eigenvalue weighted by Gasteiger charge is 2.57. The standard InChI is InChI=1S/C20H27N5O2/c1-19(2)11-25(12-20(27-19)7-13-4-5-15(20)6-13)18(26)16-9-21-23-17(16)14-8-22-24(3)10-14/h8-10,13,15H,4-7,11-12H2,1-3H3,(H,21,23)/t13-,15+,20+/m1/s1. The molecule has 0 unspecified atom stereocenters. The summed E-state index contributed by atoms with van der Waals surface area (Å²) in [5.41, 5.74) is 1.72. The lowest BCUT2D eigenvalue weighted by Gasteiger charge is -2.52. The Balaban J connectivity index is 1.46. The first-order chi connectivity index (χ1) is 12.9. The SMILES string of the molecule is Cn1cc(-c2[nH]ncc2C(=O)N2CC(C)(C)O[C@@]3(C[C@@H]4CC[C@H]3C4)C2)cn1. The zero-order chi connectivity index (χ0) is 18.8. The highest BCUT2D eigenvalue weighted by molar-refractivity contribution is 5.99. The number of nitrogens with one attached hydrogen (secondary N) is 1. The van der Waals surface area contributed by atoms with E-state index in [1.165, 1.54) is 19.3 Å². The van der Waals surface area contributed by atoms with Crippen molar-refractivity contribution < 1.29 is 9.53 Å². The van der Waals surface area contributed by atoms with Gasteiger partial charge >= 0.3 is 0 Å². The zero-order valence-corrected chi connectivity index (χ0v) is 16.2. The zero-order valence-electron chi connectivity index (χ0n) is 16.2. The predicted molar refractivity (Wildman–Crippen MR) is 100 cm³/mol. The van der Waals surface area contributed by atoms with Gasteiger partial charge in [0.25, 0.3) is 5.91 Å². The molecule has 144 valence electrons. The van der Waals surface area contributed by atoms with E-state index in [1.54, 1.807) is 17.1 Å². The van der Waals surface area contributed by atoms with E-state index < -0.39 is 0 Å². The van der Waals surface area contributed by atoms with Gasteiger partial charge in [-0.2, -0.15) is 10.2 Å². The van der Waals surface area contributed by atoms with E-state index in [-0.39, 0.29) is 17.1 Å². The van der Waals surface area contributed by atoms with Gasteiger partial charge in [0, 0.05) is 25.4 Å². The Labute approximate surface area is 159 Å². The third-order valence-electron chi connectivity index (χ3n) is 6.58. The van der Waals surface area contributed by atoms with Crippen LogP contribution in [0.1, 0.15) is 49.9 Å². The van der Waals surface area contributed by atoms with Gasteiger partial charge < -0.3 is 9.64 Å². The molecule has 7 nitrogen and oxygen atoms in total. The van der Waals surface area contributed by atoms with Crippen molar-refractivity contribution in [2.75, 3.05) is 13.1 Å². The molecule has 0 aromatic carbocycles. The smallest absolute Gasteiger partial charge is 0.257 e. The van der Waals surface area contributed by atoms with E-state index in [1.807, 2.05) is 18.1 Å². The van der Waals surface area contributed by atoms with E-state index in [0.717, 1.165) is 23.6 Å². The van der Waals surface area contributed by atoms with Crippen molar-refractivity contribution in [3.8, 4) is 11.3 Å². The molecule has 3 aliphatic rings. The fourth-order valence-electron chi connectivity index (χ4n) is 5.70. The second kappa shape index (κ2) is 5.67. The monoisotopic (exact) mass is 369 g/mol. The summed E-state index contributed by atoms with van der Waals surface area (Å²) in [5.74, 6) is 1.38. The number of rotatable bonds is 2. The van der Waals surface area contributed by atoms with Gasteiger partial charge in [0.15, 0.2) is 0 Å². The maximum absolute atomic E-state index is 13.5. The van der Waals surface area contributed by atoms with Crippen molar-refractivity contribution in [3.63, 3.8) is 0 Å². The van der Waals surface area contributed by atoms with Crippen molar-refractivity contribution in [1.29, 1.82) is 0 Å². The van der Waals surface area contributed by atoms with Gasteiger partial charge in [-0.15, -0.1) is 0 Å². The first kappa shape index (κ1) is 17.0. The number of aryl methyl sites for hydroxylation is 1. The number of fused-ring (bicyclic) bond motifs is 3. The molecule has 2 aromatic rings. The summed E-state index contributed by atoms with van der Waals surface area (Å²) in [6.07, 6.45) is 10.2. The quantitative estimate of drug-likeness (QED) is 0.883. The molecule has 7 heteroatoms. The molecule has 27 heavy (non-hydrogen) atoms. The molecule has 1 N–H and O–H groups in total. The Bertz CT molecular complexity index is 885. The van der Waals surface area contributed by atoms with Gasteiger partial charge in [-0.05, 0) is 51.4 Å². The maximum Gasteiger partial charge on any atom is 0.257 e. The lowest BCUT2D eigenvalue weighted by Crippen LogP contribution is -2.62. The number of hydrogen-bond donors (Lipinski definition) is 1. The van der Waals surface area contributed by atoms with Crippen molar-refractivity contribution in [2.24, 2.45) is 18.9 Å². The number of ether oxygens (including phenoxy) is 1. The second-order valence-electron chi connectivity index (χ2n) is 9.23. The van der Waals surface area contributed by atoms with Crippen molar-refractivity contribution in [1.82, 2.24) is 24.9 Å². The van der Waals surface area contributed by atoms with E-state index >= 15 is 0 Å².